The molecular weight excluding hydrogens is 584 g/mol. The predicted molar refractivity (Wildman–Crippen MR) is 175 cm³/mol. The summed E-state index contributed by atoms with van der Waals surface area (Å²) >= 11 is 0. The first-order valence-electron chi connectivity index (χ1n) is 17.7. The van der Waals surface area contributed by atoms with E-state index in [9.17, 15) is 4.79 Å². The summed E-state index contributed by atoms with van der Waals surface area (Å²) in [6, 6.07) is 0. The van der Waals surface area contributed by atoms with Crippen LogP contribution >= 0.6 is 0 Å². The summed E-state index contributed by atoms with van der Waals surface area (Å²) in [4.78, 5) is 11.6. The predicted octanol–water partition coefficient (Wildman–Crippen LogP) is 5.40. The molecule has 0 saturated heterocycles. The fourth-order valence-corrected chi connectivity index (χ4v) is 4.01. The van der Waals surface area contributed by atoms with Gasteiger partial charge in [0.15, 0.2) is 0 Å². The van der Waals surface area contributed by atoms with Gasteiger partial charge in [0.1, 0.15) is 6.61 Å². The van der Waals surface area contributed by atoms with Crippen molar-refractivity contribution in [3.63, 3.8) is 0 Å². The average molecular weight is 653 g/mol. The molecule has 0 spiro atoms. The number of rotatable bonds is 40. The molecule has 0 aliphatic heterocycles. The SMILES string of the molecule is CCCCCCCCOCCOCCOCCOCCOCCOCCOCCOCCOCCOC(=O)CCCCCCC. The lowest BCUT2D eigenvalue weighted by molar-refractivity contribution is -0.145. The van der Waals surface area contributed by atoms with Crippen LogP contribution in [0, 0.1) is 0 Å². The number of unbranched alkanes of at least 4 members (excludes halogenated alkanes) is 9. The smallest absolute Gasteiger partial charge is 0.305 e. The lowest BCUT2D eigenvalue weighted by Gasteiger charge is -2.09. The second kappa shape index (κ2) is 41.1. The molecule has 0 aromatic carbocycles. The third-order valence-corrected chi connectivity index (χ3v) is 6.59. The van der Waals surface area contributed by atoms with Crippen LogP contribution in [0.15, 0.2) is 0 Å². The lowest BCUT2D eigenvalue weighted by atomic mass is 10.1. The molecule has 0 amide bonds. The Kier molecular flexibility index (Phi) is 40.3. The van der Waals surface area contributed by atoms with E-state index in [0.717, 1.165) is 25.9 Å². The first kappa shape index (κ1) is 44.1. The molecule has 0 aliphatic carbocycles. The molecule has 11 nitrogen and oxygen atoms in total. The third kappa shape index (κ3) is 41.1. The Morgan fingerprint density at radius 2 is 0.578 bits per heavy atom. The number of hydrogen-bond donors (Lipinski definition) is 0. The summed E-state index contributed by atoms with van der Waals surface area (Å²) in [7, 11) is 0. The van der Waals surface area contributed by atoms with Gasteiger partial charge in [-0.05, 0) is 12.8 Å². The van der Waals surface area contributed by atoms with Crippen molar-refractivity contribution < 1.29 is 52.2 Å². The van der Waals surface area contributed by atoms with Gasteiger partial charge in [0, 0.05) is 13.0 Å². The molecule has 11 heteroatoms. The molecule has 0 saturated carbocycles. The second-order valence-electron chi connectivity index (χ2n) is 10.7. The van der Waals surface area contributed by atoms with Crippen molar-refractivity contribution >= 4 is 5.97 Å². The number of carbonyl (C=O) groups is 1. The first-order chi connectivity index (χ1) is 22.3. The molecule has 0 N–H and O–H groups in total. The van der Waals surface area contributed by atoms with Crippen LogP contribution in [-0.2, 0) is 52.2 Å². The molecule has 0 radical (unpaired) electrons. The summed E-state index contributed by atoms with van der Waals surface area (Å²) in [5, 5.41) is 0. The monoisotopic (exact) mass is 652 g/mol. The first-order valence-corrected chi connectivity index (χ1v) is 17.7. The topological polar surface area (TPSA) is 109 Å². The van der Waals surface area contributed by atoms with Crippen molar-refractivity contribution in [1.29, 1.82) is 0 Å². The molecule has 0 aromatic rings. The quantitative estimate of drug-likeness (QED) is 0.0627. The average Bonchev–Trinajstić information content (AvgIpc) is 3.04. The second-order valence-corrected chi connectivity index (χ2v) is 10.7. The maximum absolute atomic E-state index is 11.6. The van der Waals surface area contributed by atoms with Gasteiger partial charge in [-0.25, -0.2) is 0 Å². The number of carbonyl (C=O) groups excluding carboxylic acids is 1. The van der Waals surface area contributed by atoms with Crippen molar-refractivity contribution in [3.05, 3.63) is 0 Å². The maximum Gasteiger partial charge on any atom is 0.305 e. The van der Waals surface area contributed by atoms with Crippen LogP contribution in [0.3, 0.4) is 0 Å². The van der Waals surface area contributed by atoms with Crippen LogP contribution in [0.25, 0.3) is 0 Å². The largest absolute Gasteiger partial charge is 0.463 e. The minimum absolute atomic E-state index is 0.143. The zero-order valence-electron chi connectivity index (χ0n) is 28.9. The Morgan fingerprint density at radius 3 is 0.933 bits per heavy atom. The van der Waals surface area contributed by atoms with E-state index in [1.165, 1.54) is 51.4 Å². The van der Waals surface area contributed by atoms with E-state index in [-0.39, 0.29) is 5.97 Å². The van der Waals surface area contributed by atoms with Gasteiger partial charge in [0.25, 0.3) is 0 Å². The van der Waals surface area contributed by atoms with Crippen LogP contribution in [0.1, 0.15) is 90.9 Å². The van der Waals surface area contributed by atoms with Crippen molar-refractivity contribution in [1.82, 2.24) is 0 Å². The van der Waals surface area contributed by atoms with Crippen LogP contribution in [0.2, 0.25) is 0 Å². The van der Waals surface area contributed by atoms with Crippen LogP contribution in [0.4, 0.5) is 0 Å². The standard InChI is InChI=1S/C34H68O11/c1-3-5-7-9-11-13-15-36-16-17-37-18-19-38-20-21-39-22-23-40-24-25-41-26-27-42-28-29-43-30-31-44-32-33-45-34(35)14-12-10-8-6-4-2/h3-33H2,1-2H3. The minimum Gasteiger partial charge on any atom is -0.463 e. The van der Waals surface area contributed by atoms with Gasteiger partial charge in [0.2, 0.25) is 0 Å². The van der Waals surface area contributed by atoms with Crippen molar-refractivity contribution in [2.45, 2.75) is 90.9 Å². The number of ether oxygens (including phenoxy) is 10. The van der Waals surface area contributed by atoms with Crippen molar-refractivity contribution in [2.24, 2.45) is 0 Å². The van der Waals surface area contributed by atoms with E-state index >= 15 is 0 Å². The van der Waals surface area contributed by atoms with Crippen molar-refractivity contribution in [2.75, 3.05) is 126 Å². The summed E-state index contributed by atoms with van der Waals surface area (Å²) in [6.07, 6.45) is 13.8. The fraction of sp³-hybridized carbons (Fsp3) is 0.971. The van der Waals surface area contributed by atoms with Gasteiger partial charge in [0.05, 0.1) is 112 Å². The Hall–Kier alpha value is -0.890. The summed E-state index contributed by atoms with van der Waals surface area (Å²) in [6.45, 7) is 14.4. The van der Waals surface area contributed by atoms with Gasteiger partial charge in [-0.15, -0.1) is 0 Å². The molecule has 270 valence electrons. The highest BCUT2D eigenvalue weighted by molar-refractivity contribution is 5.69. The van der Waals surface area contributed by atoms with Crippen LogP contribution in [-0.4, -0.2) is 132 Å². The minimum atomic E-state index is -0.143. The Morgan fingerprint density at radius 1 is 0.311 bits per heavy atom. The highest BCUT2D eigenvalue weighted by Gasteiger charge is 2.02. The highest BCUT2D eigenvalue weighted by atomic mass is 16.6. The highest BCUT2D eigenvalue weighted by Crippen LogP contribution is 2.06. The molecule has 0 fully saturated rings. The summed E-state index contributed by atoms with van der Waals surface area (Å²) in [5.74, 6) is -0.143. The van der Waals surface area contributed by atoms with E-state index in [0.29, 0.717) is 125 Å². The lowest BCUT2D eigenvalue weighted by Crippen LogP contribution is -2.15. The fourth-order valence-electron chi connectivity index (χ4n) is 4.01. The van der Waals surface area contributed by atoms with Gasteiger partial charge < -0.3 is 47.4 Å². The molecule has 0 heterocycles. The molecule has 0 unspecified atom stereocenters. The van der Waals surface area contributed by atoms with E-state index in [1.54, 1.807) is 0 Å². The normalized spacial score (nSPS) is 11.4. The Bertz CT molecular complexity index is 554. The summed E-state index contributed by atoms with van der Waals surface area (Å²) < 4.78 is 54.5. The van der Waals surface area contributed by atoms with Crippen LogP contribution in [0.5, 0.6) is 0 Å². The van der Waals surface area contributed by atoms with Gasteiger partial charge in [-0.1, -0.05) is 71.6 Å². The van der Waals surface area contributed by atoms with Gasteiger partial charge in [-0.2, -0.15) is 0 Å². The molecule has 0 aromatic heterocycles. The molecule has 0 aliphatic rings. The van der Waals surface area contributed by atoms with E-state index in [2.05, 4.69) is 13.8 Å². The van der Waals surface area contributed by atoms with Gasteiger partial charge >= 0.3 is 5.97 Å². The molecule has 45 heavy (non-hydrogen) atoms. The zero-order valence-corrected chi connectivity index (χ0v) is 28.9. The van der Waals surface area contributed by atoms with Gasteiger partial charge in [-0.3, -0.25) is 4.79 Å². The summed E-state index contributed by atoms with van der Waals surface area (Å²) in [5.41, 5.74) is 0. The van der Waals surface area contributed by atoms with E-state index in [4.69, 9.17) is 47.4 Å². The van der Waals surface area contributed by atoms with Crippen molar-refractivity contribution in [3.8, 4) is 0 Å². The molecule has 0 atom stereocenters. The molecule has 0 rings (SSSR count). The van der Waals surface area contributed by atoms with E-state index < -0.39 is 0 Å². The van der Waals surface area contributed by atoms with E-state index in [1.807, 2.05) is 0 Å². The van der Waals surface area contributed by atoms with Crippen LogP contribution < -0.4 is 0 Å². The molecule has 0 bridgehead atoms. The number of hydrogen-bond acceptors (Lipinski definition) is 11. The Balaban J connectivity index is 3.08. The molecular formula is C34H68O11. The Labute approximate surface area is 274 Å². The number of esters is 1. The zero-order chi connectivity index (χ0) is 32.6. The third-order valence-electron chi connectivity index (χ3n) is 6.59. The maximum atomic E-state index is 11.6.